The molecule has 5 nitrogen and oxygen atoms in total. The first kappa shape index (κ1) is 21.0. The zero-order chi connectivity index (χ0) is 20.6. The molecule has 1 heterocycles. The smallest absolute Gasteiger partial charge is 0.251 e. The van der Waals surface area contributed by atoms with E-state index in [9.17, 15) is 14.0 Å². The highest BCUT2D eigenvalue weighted by atomic mass is 19.1. The van der Waals surface area contributed by atoms with Gasteiger partial charge < -0.3 is 10.6 Å². The van der Waals surface area contributed by atoms with E-state index in [-0.39, 0.29) is 23.3 Å². The fraction of sp³-hybridized carbons (Fsp3) is 0.391. The molecule has 0 bridgehead atoms. The van der Waals surface area contributed by atoms with Crippen LogP contribution in [-0.2, 0) is 11.3 Å². The number of nitrogens with zero attached hydrogens (tertiary/aromatic N) is 1. The molecule has 0 aliphatic carbocycles. The maximum Gasteiger partial charge on any atom is 0.251 e. The first-order chi connectivity index (χ1) is 14.0. The highest BCUT2D eigenvalue weighted by Gasteiger charge is 2.25. The summed E-state index contributed by atoms with van der Waals surface area (Å²) in [7, 11) is 0. The Hall–Kier alpha value is -2.73. The van der Waals surface area contributed by atoms with E-state index in [2.05, 4.69) is 27.7 Å². The highest BCUT2D eigenvalue weighted by molar-refractivity contribution is 5.94. The van der Waals surface area contributed by atoms with Crippen molar-refractivity contribution in [2.24, 2.45) is 5.92 Å². The second kappa shape index (κ2) is 10.2. The molecule has 2 amide bonds. The number of hydrogen-bond donors (Lipinski definition) is 2. The second-order valence-electron chi connectivity index (χ2n) is 7.57. The Balaban J connectivity index is 1.39. The lowest BCUT2D eigenvalue weighted by atomic mass is 9.96. The van der Waals surface area contributed by atoms with Crippen molar-refractivity contribution >= 4 is 11.8 Å². The fourth-order valence-electron chi connectivity index (χ4n) is 3.60. The topological polar surface area (TPSA) is 61.4 Å². The SMILES string of the molecule is Cc1ccc(C(=O)NCCNC(=O)C2CCCN(Cc3ccccc3)C2)cc1F. The van der Waals surface area contributed by atoms with Gasteiger partial charge in [0.05, 0.1) is 5.92 Å². The summed E-state index contributed by atoms with van der Waals surface area (Å²) in [5.41, 5.74) is 2.04. The fourth-order valence-corrected chi connectivity index (χ4v) is 3.60. The second-order valence-corrected chi connectivity index (χ2v) is 7.57. The van der Waals surface area contributed by atoms with Crippen LogP contribution in [0.2, 0.25) is 0 Å². The molecule has 1 atom stereocenters. The number of piperidine rings is 1. The van der Waals surface area contributed by atoms with Gasteiger partial charge in [-0.05, 0) is 49.6 Å². The number of aryl methyl sites for hydroxylation is 1. The number of amides is 2. The summed E-state index contributed by atoms with van der Waals surface area (Å²) in [6, 6.07) is 14.7. The molecule has 2 aromatic rings. The van der Waals surface area contributed by atoms with Crippen molar-refractivity contribution in [1.29, 1.82) is 0 Å². The third-order valence-corrected chi connectivity index (χ3v) is 5.27. The summed E-state index contributed by atoms with van der Waals surface area (Å²) >= 11 is 0. The molecule has 6 heteroatoms. The first-order valence-electron chi connectivity index (χ1n) is 10.1. The number of hydrogen-bond acceptors (Lipinski definition) is 3. The molecule has 2 aromatic carbocycles. The van der Waals surface area contributed by atoms with Crippen LogP contribution in [-0.4, -0.2) is 42.9 Å². The molecule has 0 saturated carbocycles. The van der Waals surface area contributed by atoms with Crippen molar-refractivity contribution in [2.75, 3.05) is 26.2 Å². The average Bonchev–Trinajstić information content (AvgIpc) is 2.74. The number of likely N-dealkylation sites (tertiary alicyclic amines) is 1. The van der Waals surface area contributed by atoms with Gasteiger partial charge in [-0.3, -0.25) is 14.5 Å². The molecule has 3 rings (SSSR count). The zero-order valence-electron chi connectivity index (χ0n) is 16.8. The van der Waals surface area contributed by atoms with Crippen LogP contribution < -0.4 is 10.6 Å². The van der Waals surface area contributed by atoms with Gasteiger partial charge in [0.15, 0.2) is 0 Å². The number of rotatable bonds is 7. The molecule has 29 heavy (non-hydrogen) atoms. The lowest BCUT2D eigenvalue weighted by Gasteiger charge is -2.32. The Kier molecular flexibility index (Phi) is 7.36. The van der Waals surface area contributed by atoms with Crippen LogP contribution in [0.5, 0.6) is 0 Å². The summed E-state index contributed by atoms with van der Waals surface area (Å²) in [5.74, 6) is -0.749. The predicted octanol–water partition coefficient (Wildman–Crippen LogP) is 2.89. The highest BCUT2D eigenvalue weighted by Crippen LogP contribution is 2.18. The Bertz CT molecular complexity index is 841. The summed E-state index contributed by atoms with van der Waals surface area (Å²) in [6.07, 6.45) is 1.88. The van der Waals surface area contributed by atoms with Gasteiger partial charge >= 0.3 is 0 Å². The molecule has 1 aliphatic heterocycles. The minimum absolute atomic E-state index is 0.0263. The minimum atomic E-state index is -0.400. The quantitative estimate of drug-likeness (QED) is 0.707. The van der Waals surface area contributed by atoms with Crippen LogP contribution in [0.25, 0.3) is 0 Å². The number of benzene rings is 2. The van der Waals surface area contributed by atoms with E-state index in [1.165, 1.54) is 11.6 Å². The van der Waals surface area contributed by atoms with Crippen LogP contribution in [0, 0.1) is 18.7 Å². The van der Waals surface area contributed by atoms with Crippen LogP contribution in [0.1, 0.15) is 34.3 Å². The maximum absolute atomic E-state index is 13.6. The average molecular weight is 397 g/mol. The molecule has 1 fully saturated rings. The monoisotopic (exact) mass is 397 g/mol. The van der Waals surface area contributed by atoms with E-state index in [1.807, 2.05) is 18.2 Å². The molecule has 0 aromatic heterocycles. The largest absolute Gasteiger partial charge is 0.354 e. The molecule has 1 unspecified atom stereocenters. The number of carbonyl (C=O) groups excluding carboxylic acids is 2. The normalized spacial score (nSPS) is 17.0. The van der Waals surface area contributed by atoms with Crippen molar-refractivity contribution in [3.63, 3.8) is 0 Å². The summed E-state index contributed by atoms with van der Waals surface area (Å²) in [4.78, 5) is 26.9. The molecule has 0 radical (unpaired) electrons. The van der Waals surface area contributed by atoms with Crippen molar-refractivity contribution in [3.8, 4) is 0 Å². The molecule has 0 spiro atoms. The molecular weight excluding hydrogens is 369 g/mol. The van der Waals surface area contributed by atoms with Gasteiger partial charge in [-0.15, -0.1) is 0 Å². The predicted molar refractivity (Wildman–Crippen MR) is 111 cm³/mol. The Morgan fingerprint density at radius 1 is 1.10 bits per heavy atom. The summed E-state index contributed by atoms with van der Waals surface area (Å²) < 4.78 is 13.6. The maximum atomic E-state index is 13.6. The van der Waals surface area contributed by atoms with Gasteiger partial charge in [-0.25, -0.2) is 4.39 Å². The van der Waals surface area contributed by atoms with E-state index >= 15 is 0 Å². The van der Waals surface area contributed by atoms with E-state index < -0.39 is 5.82 Å². The van der Waals surface area contributed by atoms with Gasteiger partial charge in [0.2, 0.25) is 5.91 Å². The van der Waals surface area contributed by atoms with E-state index in [0.29, 0.717) is 18.7 Å². The Morgan fingerprint density at radius 2 is 1.86 bits per heavy atom. The molecule has 1 saturated heterocycles. The summed E-state index contributed by atoms with van der Waals surface area (Å²) in [5, 5.41) is 5.62. The van der Waals surface area contributed by atoms with Gasteiger partial charge in [0.1, 0.15) is 5.82 Å². The Labute approximate surface area is 171 Å². The van der Waals surface area contributed by atoms with E-state index in [4.69, 9.17) is 0 Å². The third kappa shape index (κ3) is 6.12. The van der Waals surface area contributed by atoms with Crippen molar-refractivity contribution in [3.05, 3.63) is 71.0 Å². The summed E-state index contributed by atoms with van der Waals surface area (Å²) in [6.45, 7) is 4.92. The van der Waals surface area contributed by atoms with Crippen LogP contribution in [0.3, 0.4) is 0 Å². The zero-order valence-corrected chi connectivity index (χ0v) is 16.8. The first-order valence-corrected chi connectivity index (χ1v) is 10.1. The molecule has 1 aliphatic rings. The lowest BCUT2D eigenvalue weighted by Crippen LogP contribution is -2.44. The van der Waals surface area contributed by atoms with E-state index in [0.717, 1.165) is 32.5 Å². The third-order valence-electron chi connectivity index (χ3n) is 5.27. The van der Waals surface area contributed by atoms with Gasteiger partial charge in [0, 0.05) is 31.7 Å². The molecule has 154 valence electrons. The molecular formula is C23H28FN3O2. The van der Waals surface area contributed by atoms with Crippen molar-refractivity contribution < 1.29 is 14.0 Å². The lowest BCUT2D eigenvalue weighted by molar-refractivity contribution is -0.126. The number of carbonyl (C=O) groups is 2. The Morgan fingerprint density at radius 3 is 2.62 bits per heavy atom. The van der Waals surface area contributed by atoms with Gasteiger partial charge in [0.25, 0.3) is 5.91 Å². The van der Waals surface area contributed by atoms with E-state index in [1.54, 1.807) is 19.1 Å². The van der Waals surface area contributed by atoms with Gasteiger partial charge in [-0.2, -0.15) is 0 Å². The van der Waals surface area contributed by atoms with Crippen LogP contribution >= 0.6 is 0 Å². The number of nitrogens with one attached hydrogen (secondary N) is 2. The van der Waals surface area contributed by atoms with Gasteiger partial charge in [-0.1, -0.05) is 36.4 Å². The number of halogens is 1. The van der Waals surface area contributed by atoms with Crippen molar-refractivity contribution in [1.82, 2.24) is 15.5 Å². The van der Waals surface area contributed by atoms with Crippen molar-refractivity contribution in [2.45, 2.75) is 26.3 Å². The standard InChI is InChI=1S/C23H28FN3O2/c1-17-9-10-19(14-21(17)24)22(28)25-11-12-26-23(29)20-8-5-13-27(16-20)15-18-6-3-2-4-7-18/h2-4,6-7,9-10,14,20H,5,8,11-13,15-16H2,1H3,(H,25,28)(H,26,29). The van der Waals surface area contributed by atoms with Crippen LogP contribution in [0.4, 0.5) is 4.39 Å². The van der Waals surface area contributed by atoms with Crippen LogP contribution in [0.15, 0.2) is 48.5 Å². The minimum Gasteiger partial charge on any atom is -0.354 e. The molecule has 2 N–H and O–H groups in total.